The summed E-state index contributed by atoms with van der Waals surface area (Å²) in [4.78, 5) is 23.5. The number of carboxylic acids is 1. The zero-order valence-electron chi connectivity index (χ0n) is 11.9. The van der Waals surface area contributed by atoms with Gasteiger partial charge in [0.1, 0.15) is 11.3 Å². The number of aryl methyl sites for hydroxylation is 1. The molecule has 1 unspecified atom stereocenters. The fraction of sp³-hybridized carbons (Fsp3) is 0.643. The lowest BCUT2D eigenvalue weighted by atomic mass is 9.98. The minimum atomic E-state index is -1.28. The van der Waals surface area contributed by atoms with Gasteiger partial charge in [0.15, 0.2) is 5.69 Å². The number of carbonyl (C=O) groups is 2. The van der Waals surface area contributed by atoms with Crippen molar-refractivity contribution in [3.05, 3.63) is 17.0 Å². The van der Waals surface area contributed by atoms with E-state index in [2.05, 4.69) is 10.5 Å². The predicted octanol–water partition coefficient (Wildman–Crippen LogP) is 1.93. The number of hydrogen-bond donors (Lipinski definition) is 2. The van der Waals surface area contributed by atoms with Crippen LogP contribution in [0, 0.1) is 0 Å². The Hall–Kier alpha value is -1.85. The van der Waals surface area contributed by atoms with Crippen molar-refractivity contribution >= 4 is 11.9 Å². The number of nitrogens with one attached hydrogen (secondary N) is 1. The predicted molar refractivity (Wildman–Crippen MR) is 71.6 cm³/mol. The first-order valence-electron chi connectivity index (χ1n) is 7.01. The number of aromatic nitrogens is 1. The Kier molecular flexibility index (Phi) is 4.11. The number of carboxylic acid groups (broad SMARTS) is 1. The first-order chi connectivity index (χ1) is 9.48. The van der Waals surface area contributed by atoms with Gasteiger partial charge in [-0.2, -0.15) is 0 Å². The van der Waals surface area contributed by atoms with Gasteiger partial charge < -0.3 is 14.9 Å². The minimum absolute atomic E-state index is 0.239. The summed E-state index contributed by atoms with van der Waals surface area (Å²) >= 11 is 0. The average molecular weight is 280 g/mol. The van der Waals surface area contributed by atoms with Crippen LogP contribution in [-0.2, 0) is 17.6 Å². The van der Waals surface area contributed by atoms with E-state index in [9.17, 15) is 14.7 Å². The summed E-state index contributed by atoms with van der Waals surface area (Å²) in [6.07, 6.45) is 4.99. The fourth-order valence-corrected chi connectivity index (χ4v) is 2.34. The summed E-state index contributed by atoms with van der Waals surface area (Å²) in [5.41, 5.74) is -0.208. The smallest absolute Gasteiger partial charge is 0.329 e. The van der Waals surface area contributed by atoms with Crippen LogP contribution < -0.4 is 5.32 Å². The Labute approximate surface area is 117 Å². The Balaban J connectivity index is 2.22. The van der Waals surface area contributed by atoms with E-state index >= 15 is 0 Å². The highest BCUT2D eigenvalue weighted by Crippen LogP contribution is 2.24. The number of fused-ring (bicyclic) bond motifs is 1. The number of hydrogen-bond acceptors (Lipinski definition) is 4. The monoisotopic (exact) mass is 280 g/mol. The molecule has 110 valence electrons. The van der Waals surface area contributed by atoms with E-state index in [4.69, 9.17) is 4.52 Å². The molecular formula is C14H20N2O4. The van der Waals surface area contributed by atoms with Crippen LogP contribution in [0.1, 0.15) is 61.3 Å². The standard InChI is InChI=1S/C14H20N2O4/c1-3-14(2,13(18)19)15-12(17)11-9-7-5-4-6-8-10(9)20-16-11/h3-8H2,1-2H3,(H,15,17)(H,18,19). The molecule has 1 atom stereocenters. The number of amides is 1. The van der Waals surface area contributed by atoms with Crippen LogP contribution in [0.5, 0.6) is 0 Å². The molecule has 1 aliphatic rings. The molecule has 0 spiro atoms. The van der Waals surface area contributed by atoms with Crippen molar-refractivity contribution in [3.63, 3.8) is 0 Å². The summed E-state index contributed by atoms with van der Waals surface area (Å²) in [5.74, 6) is -0.757. The van der Waals surface area contributed by atoms with Gasteiger partial charge in [-0.15, -0.1) is 0 Å². The Bertz CT molecular complexity index is 523. The SMILES string of the molecule is CCC(C)(NC(=O)c1noc2c1CCCCC2)C(=O)O. The molecule has 1 heterocycles. The molecule has 1 amide bonds. The molecule has 20 heavy (non-hydrogen) atoms. The molecule has 1 aromatic rings. The molecule has 0 aromatic carbocycles. The molecule has 0 saturated heterocycles. The highest BCUT2D eigenvalue weighted by Gasteiger charge is 2.35. The molecule has 0 bridgehead atoms. The average Bonchev–Trinajstić information content (AvgIpc) is 2.67. The molecule has 2 rings (SSSR count). The lowest BCUT2D eigenvalue weighted by Crippen LogP contribution is -2.51. The van der Waals surface area contributed by atoms with Gasteiger partial charge in [-0.3, -0.25) is 4.79 Å². The quantitative estimate of drug-likeness (QED) is 0.822. The zero-order valence-corrected chi connectivity index (χ0v) is 11.9. The van der Waals surface area contributed by atoms with E-state index in [-0.39, 0.29) is 5.69 Å². The van der Waals surface area contributed by atoms with Crippen LogP contribution in [0.4, 0.5) is 0 Å². The summed E-state index contributed by atoms with van der Waals surface area (Å²) < 4.78 is 5.24. The number of rotatable bonds is 4. The summed E-state index contributed by atoms with van der Waals surface area (Å²) in [5, 5.41) is 15.6. The molecule has 6 heteroatoms. The van der Waals surface area contributed by atoms with Gasteiger partial charge >= 0.3 is 5.97 Å². The summed E-state index contributed by atoms with van der Waals surface area (Å²) in [6, 6.07) is 0. The van der Waals surface area contributed by atoms with Crippen molar-refractivity contribution in [1.29, 1.82) is 0 Å². The third-order valence-electron chi connectivity index (χ3n) is 3.98. The van der Waals surface area contributed by atoms with Crippen LogP contribution >= 0.6 is 0 Å². The topological polar surface area (TPSA) is 92.4 Å². The number of carbonyl (C=O) groups excluding carboxylic acids is 1. The molecule has 0 fully saturated rings. The summed E-state index contributed by atoms with van der Waals surface area (Å²) in [7, 11) is 0. The van der Waals surface area contributed by atoms with E-state index < -0.39 is 17.4 Å². The van der Waals surface area contributed by atoms with Gasteiger partial charge in [0.2, 0.25) is 0 Å². The Morgan fingerprint density at radius 1 is 1.35 bits per heavy atom. The van der Waals surface area contributed by atoms with Crippen molar-refractivity contribution in [2.24, 2.45) is 0 Å². The van der Waals surface area contributed by atoms with E-state index in [0.717, 1.165) is 43.4 Å². The van der Waals surface area contributed by atoms with Crippen LogP contribution in [0.25, 0.3) is 0 Å². The minimum Gasteiger partial charge on any atom is -0.480 e. The molecule has 0 aliphatic heterocycles. The van der Waals surface area contributed by atoms with E-state index in [0.29, 0.717) is 6.42 Å². The van der Waals surface area contributed by atoms with Crippen molar-refractivity contribution in [1.82, 2.24) is 10.5 Å². The van der Waals surface area contributed by atoms with Crippen LogP contribution in [0.3, 0.4) is 0 Å². The maximum absolute atomic E-state index is 12.3. The lowest BCUT2D eigenvalue weighted by Gasteiger charge is -2.24. The first kappa shape index (κ1) is 14.6. The third-order valence-corrected chi connectivity index (χ3v) is 3.98. The second kappa shape index (κ2) is 5.64. The van der Waals surface area contributed by atoms with Gasteiger partial charge in [-0.05, 0) is 32.6 Å². The molecular weight excluding hydrogens is 260 g/mol. The van der Waals surface area contributed by atoms with Gasteiger partial charge in [0, 0.05) is 12.0 Å². The highest BCUT2D eigenvalue weighted by molar-refractivity contribution is 5.97. The maximum Gasteiger partial charge on any atom is 0.329 e. The van der Waals surface area contributed by atoms with Crippen molar-refractivity contribution in [2.45, 2.75) is 57.9 Å². The van der Waals surface area contributed by atoms with Crippen LogP contribution in [0.15, 0.2) is 4.52 Å². The molecule has 2 N–H and O–H groups in total. The molecule has 0 saturated carbocycles. The highest BCUT2D eigenvalue weighted by atomic mass is 16.5. The van der Waals surface area contributed by atoms with Crippen LogP contribution in [0.2, 0.25) is 0 Å². The maximum atomic E-state index is 12.3. The van der Waals surface area contributed by atoms with Gasteiger partial charge in [-0.25, -0.2) is 4.79 Å². The number of nitrogens with zero attached hydrogens (tertiary/aromatic N) is 1. The second-order valence-electron chi connectivity index (χ2n) is 5.44. The molecule has 1 aromatic heterocycles. The van der Waals surface area contributed by atoms with Gasteiger partial charge in [0.05, 0.1) is 0 Å². The summed E-state index contributed by atoms with van der Waals surface area (Å²) in [6.45, 7) is 3.21. The normalized spacial score (nSPS) is 17.7. The van der Waals surface area contributed by atoms with Crippen LogP contribution in [-0.4, -0.2) is 27.7 Å². The van der Waals surface area contributed by atoms with Crippen molar-refractivity contribution < 1.29 is 19.2 Å². The van der Waals surface area contributed by atoms with E-state index in [1.54, 1.807) is 6.92 Å². The van der Waals surface area contributed by atoms with Crippen molar-refractivity contribution in [3.8, 4) is 0 Å². The molecule has 0 radical (unpaired) electrons. The number of aliphatic carboxylic acids is 1. The largest absolute Gasteiger partial charge is 0.480 e. The van der Waals surface area contributed by atoms with Gasteiger partial charge in [0.25, 0.3) is 5.91 Å². The fourth-order valence-electron chi connectivity index (χ4n) is 2.34. The zero-order chi connectivity index (χ0) is 14.8. The van der Waals surface area contributed by atoms with Crippen molar-refractivity contribution in [2.75, 3.05) is 0 Å². The third kappa shape index (κ3) is 2.69. The van der Waals surface area contributed by atoms with E-state index in [1.165, 1.54) is 6.92 Å². The first-order valence-corrected chi connectivity index (χ1v) is 7.01. The molecule has 6 nitrogen and oxygen atoms in total. The Morgan fingerprint density at radius 3 is 2.70 bits per heavy atom. The lowest BCUT2D eigenvalue weighted by molar-refractivity contribution is -0.143. The molecule has 1 aliphatic carbocycles. The second-order valence-corrected chi connectivity index (χ2v) is 5.44. The van der Waals surface area contributed by atoms with E-state index in [1.807, 2.05) is 0 Å². The Morgan fingerprint density at radius 2 is 2.05 bits per heavy atom. The van der Waals surface area contributed by atoms with Gasteiger partial charge in [-0.1, -0.05) is 18.5 Å².